The van der Waals surface area contributed by atoms with Gasteiger partial charge in [0.15, 0.2) is 5.75 Å². The van der Waals surface area contributed by atoms with E-state index >= 15 is 0 Å². The van der Waals surface area contributed by atoms with Gasteiger partial charge in [0.1, 0.15) is 5.75 Å². The molecule has 0 saturated heterocycles. The first-order valence-corrected chi connectivity index (χ1v) is 11.3. The molecule has 1 aliphatic rings. The van der Waals surface area contributed by atoms with Gasteiger partial charge in [-0.25, -0.2) is 13.2 Å². The molecule has 30 heavy (non-hydrogen) atoms. The van der Waals surface area contributed by atoms with Crippen LogP contribution in [-0.2, 0) is 32.7 Å². The van der Waals surface area contributed by atoms with Crippen LogP contribution < -0.4 is 9.62 Å². The quantitative estimate of drug-likeness (QED) is 0.510. The fraction of sp³-hybridized carbons (Fsp3) is 0.409. The van der Waals surface area contributed by atoms with E-state index in [1.165, 1.54) is 23.4 Å². The van der Waals surface area contributed by atoms with Crippen molar-refractivity contribution in [1.29, 1.82) is 0 Å². The van der Waals surface area contributed by atoms with Crippen molar-refractivity contribution in [3.8, 4) is 11.5 Å². The van der Waals surface area contributed by atoms with Gasteiger partial charge in [-0.15, -0.1) is 0 Å². The van der Waals surface area contributed by atoms with Gasteiger partial charge < -0.3 is 4.74 Å². The summed E-state index contributed by atoms with van der Waals surface area (Å²) < 4.78 is 34.0. The molecule has 0 N–H and O–H groups in total. The Hall–Kier alpha value is -2.58. The van der Waals surface area contributed by atoms with Gasteiger partial charge in [-0.05, 0) is 60.2 Å². The lowest BCUT2D eigenvalue weighted by atomic mass is 9.92. The molecule has 0 amide bonds. The molecule has 1 heterocycles. The van der Waals surface area contributed by atoms with Crippen molar-refractivity contribution in [2.24, 2.45) is 0 Å². The minimum Gasteiger partial charge on any atom is -0.497 e. The third kappa shape index (κ3) is 4.15. The van der Waals surface area contributed by atoms with Gasteiger partial charge in [0.2, 0.25) is 10.0 Å². The van der Waals surface area contributed by atoms with Gasteiger partial charge in [0.05, 0.1) is 12.0 Å². The fourth-order valence-electron chi connectivity index (χ4n) is 3.89. The molecule has 3 rings (SSSR count). The molecule has 162 valence electrons. The average molecular weight is 434 g/mol. The first-order chi connectivity index (χ1) is 14.2. The second-order valence-corrected chi connectivity index (χ2v) is 9.35. The summed E-state index contributed by atoms with van der Waals surface area (Å²) in [5, 5.41) is 0. The molecule has 0 saturated carbocycles. The van der Waals surface area contributed by atoms with Gasteiger partial charge in [-0.2, -0.15) is 4.31 Å². The highest BCUT2D eigenvalue weighted by atomic mass is 32.2. The minimum absolute atomic E-state index is 0.0622. The van der Waals surface area contributed by atoms with Crippen LogP contribution in [0.1, 0.15) is 48.9 Å². The summed E-state index contributed by atoms with van der Waals surface area (Å²) in [5.74, 6) is 0.507. The van der Waals surface area contributed by atoms with Gasteiger partial charge in [0.25, 0.3) is 0 Å². The summed E-state index contributed by atoms with van der Waals surface area (Å²) in [5.41, 5.74) is 3.36. The largest absolute Gasteiger partial charge is 0.497 e. The van der Waals surface area contributed by atoms with Gasteiger partial charge in [-0.3, -0.25) is 9.78 Å². The topological polar surface area (TPSA) is 82.1 Å². The van der Waals surface area contributed by atoms with Gasteiger partial charge in [-0.1, -0.05) is 19.9 Å². The Morgan fingerprint density at radius 1 is 1.23 bits per heavy atom. The van der Waals surface area contributed by atoms with E-state index < -0.39 is 16.0 Å². The summed E-state index contributed by atoms with van der Waals surface area (Å²) in [6.45, 7) is 7.59. The minimum atomic E-state index is -3.74. The Balaban J connectivity index is 1.99. The summed E-state index contributed by atoms with van der Waals surface area (Å²) in [6.07, 6.45) is 0.492. The molecular weight excluding hydrogens is 406 g/mol. The standard InChI is InChI=1S/C22H27NO6S/c1-6-19-15(3)21(29-28-16(4)24)9-10-22(19)30(25,26)23-12-14(2)20-8-7-18(27-5)11-17(20)13-23/h7-11,14H,6,12-13H2,1-5H3. The van der Waals surface area contributed by atoms with Crippen LogP contribution in [0, 0.1) is 6.92 Å². The fourth-order valence-corrected chi connectivity index (χ4v) is 5.75. The summed E-state index contributed by atoms with van der Waals surface area (Å²) in [7, 11) is -2.15. The predicted octanol–water partition coefficient (Wildman–Crippen LogP) is 3.73. The molecule has 2 aromatic carbocycles. The number of hydrogen-bond donors (Lipinski definition) is 0. The Labute approximate surface area is 177 Å². The van der Waals surface area contributed by atoms with Gasteiger partial charge >= 0.3 is 5.97 Å². The molecule has 2 aromatic rings. The number of fused-ring (bicyclic) bond motifs is 1. The monoisotopic (exact) mass is 433 g/mol. The summed E-state index contributed by atoms with van der Waals surface area (Å²) in [4.78, 5) is 21.0. The first-order valence-electron chi connectivity index (χ1n) is 9.83. The maximum Gasteiger partial charge on any atom is 0.352 e. The summed E-state index contributed by atoms with van der Waals surface area (Å²) >= 11 is 0. The van der Waals surface area contributed by atoms with E-state index in [9.17, 15) is 13.2 Å². The molecule has 1 unspecified atom stereocenters. The van der Waals surface area contributed by atoms with Crippen molar-refractivity contribution in [3.05, 3.63) is 52.6 Å². The molecule has 1 aliphatic heterocycles. The average Bonchev–Trinajstić information content (AvgIpc) is 2.71. The normalized spacial score (nSPS) is 16.6. The second-order valence-electron chi connectivity index (χ2n) is 7.44. The van der Waals surface area contributed by atoms with E-state index in [0.717, 1.165) is 11.1 Å². The van der Waals surface area contributed by atoms with Crippen molar-refractivity contribution in [2.75, 3.05) is 13.7 Å². The molecule has 0 bridgehead atoms. The lowest BCUT2D eigenvalue weighted by molar-refractivity contribution is -0.211. The third-order valence-corrected chi connectivity index (χ3v) is 7.33. The lowest BCUT2D eigenvalue weighted by Gasteiger charge is -2.33. The molecule has 0 spiro atoms. The number of hydrogen-bond acceptors (Lipinski definition) is 6. The number of ether oxygens (including phenoxy) is 1. The number of rotatable bonds is 6. The maximum absolute atomic E-state index is 13.6. The Bertz CT molecular complexity index is 1060. The van der Waals surface area contributed by atoms with E-state index in [1.54, 1.807) is 14.0 Å². The predicted molar refractivity (Wildman–Crippen MR) is 112 cm³/mol. The van der Waals surface area contributed by atoms with Crippen molar-refractivity contribution >= 4 is 16.0 Å². The number of sulfonamides is 1. The smallest absolute Gasteiger partial charge is 0.352 e. The highest BCUT2D eigenvalue weighted by Gasteiger charge is 2.33. The van der Waals surface area contributed by atoms with Crippen molar-refractivity contribution < 1.29 is 27.7 Å². The van der Waals surface area contributed by atoms with Crippen LogP contribution in [0.5, 0.6) is 11.5 Å². The van der Waals surface area contributed by atoms with Gasteiger partial charge in [0, 0.05) is 25.6 Å². The summed E-state index contributed by atoms with van der Waals surface area (Å²) in [6, 6.07) is 8.85. The van der Waals surface area contributed by atoms with E-state index in [2.05, 4.69) is 4.89 Å². The molecule has 0 fully saturated rings. The molecule has 0 aromatic heterocycles. The number of benzene rings is 2. The zero-order chi connectivity index (χ0) is 22.1. The molecular formula is C22H27NO6S. The van der Waals surface area contributed by atoms with E-state index in [0.29, 0.717) is 35.6 Å². The Morgan fingerprint density at radius 3 is 2.60 bits per heavy atom. The lowest BCUT2D eigenvalue weighted by Crippen LogP contribution is -2.38. The third-order valence-electron chi connectivity index (χ3n) is 5.43. The number of methoxy groups -OCH3 is 1. The van der Waals surface area contributed by atoms with Crippen LogP contribution in [0.3, 0.4) is 0 Å². The second kappa shape index (κ2) is 8.65. The molecule has 0 radical (unpaired) electrons. The van der Waals surface area contributed by atoms with Crippen LogP contribution in [0.4, 0.5) is 0 Å². The zero-order valence-corrected chi connectivity index (χ0v) is 18.7. The van der Waals surface area contributed by atoms with Crippen LogP contribution in [-0.4, -0.2) is 32.3 Å². The van der Waals surface area contributed by atoms with Crippen molar-refractivity contribution in [3.63, 3.8) is 0 Å². The zero-order valence-electron chi connectivity index (χ0n) is 17.9. The highest BCUT2D eigenvalue weighted by molar-refractivity contribution is 7.89. The number of carbonyl (C=O) groups excluding carboxylic acids is 1. The van der Waals surface area contributed by atoms with Crippen LogP contribution in [0.25, 0.3) is 0 Å². The first kappa shape index (κ1) is 22.1. The highest BCUT2D eigenvalue weighted by Crippen LogP contribution is 2.36. The SMILES string of the molecule is CCc1c(S(=O)(=O)N2Cc3cc(OC)ccc3C(C)C2)ccc(OOC(C)=O)c1C. The molecule has 0 aliphatic carbocycles. The van der Waals surface area contributed by atoms with Crippen LogP contribution >= 0.6 is 0 Å². The van der Waals surface area contributed by atoms with Crippen LogP contribution in [0.2, 0.25) is 0 Å². The van der Waals surface area contributed by atoms with E-state index in [-0.39, 0.29) is 17.4 Å². The Morgan fingerprint density at radius 2 is 1.97 bits per heavy atom. The maximum atomic E-state index is 13.6. The Kier molecular flexibility index (Phi) is 6.38. The number of carbonyl (C=O) groups is 1. The molecule has 1 atom stereocenters. The number of nitrogens with zero attached hydrogens (tertiary/aromatic N) is 1. The van der Waals surface area contributed by atoms with Crippen molar-refractivity contribution in [2.45, 2.75) is 51.5 Å². The molecule has 8 heteroatoms. The van der Waals surface area contributed by atoms with Crippen LogP contribution in [0.15, 0.2) is 35.2 Å². The van der Waals surface area contributed by atoms with E-state index in [1.807, 2.05) is 32.0 Å². The van der Waals surface area contributed by atoms with Crippen molar-refractivity contribution in [1.82, 2.24) is 4.31 Å². The van der Waals surface area contributed by atoms with E-state index in [4.69, 9.17) is 9.62 Å². The molecule has 7 nitrogen and oxygen atoms in total.